The number of carbonyl (C=O) groups excluding carboxylic acids is 2. The second-order valence-corrected chi connectivity index (χ2v) is 7.93. The zero-order chi connectivity index (χ0) is 20.1. The van der Waals surface area contributed by atoms with Crippen molar-refractivity contribution >= 4 is 17.6 Å². The van der Waals surface area contributed by atoms with Gasteiger partial charge in [-0.15, -0.1) is 0 Å². The van der Waals surface area contributed by atoms with E-state index in [1.54, 1.807) is 18.2 Å². The minimum absolute atomic E-state index is 0.109. The highest BCUT2D eigenvalue weighted by atomic mass is 16.5. The van der Waals surface area contributed by atoms with Crippen LogP contribution in [-0.4, -0.2) is 48.7 Å². The lowest BCUT2D eigenvalue weighted by molar-refractivity contribution is -0.0360. The Morgan fingerprint density at radius 1 is 1.25 bits per heavy atom. The summed E-state index contributed by atoms with van der Waals surface area (Å²) in [5, 5.41) is 2.93. The molecule has 1 aromatic carbocycles. The smallest absolute Gasteiger partial charge is 0.321 e. The average molecular weight is 389 g/mol. The van der Waals surface area contributed by atoms with E-state index in [9.17, 15) is 9.59 Å². The molecular weight excluding hydrogens is 358 g/mol. The van der Waals surface area contributed by atoms with E-state index < -0.39 is 5.91 Å². The maximum Gasteiger partial charge on any atom is 0.321 e. The van der Waals surface area contributed by atoms with Crippen LogP contribution in [0.1, 0.15) is 56.3 Å². The van der Waals surface area contributed by atoms with Crippen LogP contribution in [0.2, 0.25) is 0 Å². The summed E-state index contributed by atoms with van der Waals surface area (Å²) < 4.78 is 11.6. The maximum absolute atomic E-state index is 12.8. The fraction of sp³-hybridized carbons (Fsp3) is 0.619. The third-order valence-electron chi connectivity index (χ3n) is 5.35. The van der Waals surface area contributed by atoms with Crippen LogP contribution in [0.3, 0.4) is 0 Å². The quantitative estimate of drug-likeness (QED) is 0.807. The van der Waals surface area contributed by atoms with E-state index in [1.807, 2.05) is 18.7 Å². The molecule has 2 aliphatic heterocycles. The summed E-state index contributed by atoms with van der Waals surface area (Å²) in [7, 11) is 0. The molecule has 28 heavy (non-hydrogen) atoms. The Kier molecular flexibility index (Phi) is 6.78. The molecule has 2 unspecified atom stereocenters. The molecule has 3 N–H and O–H groups in total. The molecule has 0 aromatic heterocycles. The SMILES string of the molecule is CC(C)Oc1cc(NC(=O)N2CCCC(C3CCCCO3)C2)ccc1C(N)=O. The molecule has 154 valence electrons. The predicted octanol–water partition coefficient (Wildman–Crippen LogP) is 3.39. The molecule has 7 heteroatoms. The van der Waals surface area contributed by atoms with Gasteiger partial charge in [0.2, 0.25) is 0 Å². The molecule has 1 aromatic rings. The molecule has 2 atom stereocenters. The van der Waals surface area contributed by atoms with E-state index >= 15 is 0 Å². The van der Waals surface area contributed by atoms with Gasteiger partial charge in [-0.25, -0.2) is 4.79 Å². The molecule has 0 saturated carbocycles. The van der Waals surface area contributed by atoms with Crippen molar-refractivity contribution in [1.82, 2.24) is 4.90 Å². The van der Waals surface area contributed by atoms with Crippen LogP contribution in [0.4, 0.5) is 10.5 Å². The Balaban J connectivity index is 1.65. The number of nitrogens with zero attached hydrogens (tertiary/aromatic N) is 1. The molecule has 0 aliphatic carbocycles. The third-order valence-corrected chi connectivity index (χ3v) is 5.35. The summed E-state index contributed by atoms with van der Waals surface area (Å²) in [6, 6.07) is 4.79. The van der Waals surface area contributed by atoms with Gasteiger partial charge in [-0.3, -0.25) is 4.79 Å². The molecule has 7 nitrogen and oxygen atoms in total. The van der Waals surface area contributed by atoms with Gasteiger partial charge in [-0.05, 0) is 58.1 Å². The lowest BCUT2D eigenvalue weighted by Crippen LogP contribution is -2.46. The summed E-state index contributed by atoms with van der Waals surface area (Å²) in [5.74, 6) is 0.226. The minimum Gasteiger partial charge on any atom is -0.490 e. The number of piperidine rings is 1. The Hall–Kier alpha value is -2.28. The van der Waals surface area contributed by atoms with Gasteiger partial charge in [0.15, 0.2) is 0 Å². The van der Waals surface area contributed by atoms with Gasteiger partial charge in [0.25, 0.3) is 5.91 Å². The van der Waals surface area contributed by atoms with Gasteiger partial charge >= 0.3 is 6.03 Å². The largest absolute Gasteiger partial charge is 0.490 e. The van der Waals surface area contributed by atoms with E-state index in [2.05, 4.69) is 5.32 Å². The standard InChI is InChI=1S/C21H31N3O4/c1-14(2)28-19-12-16(8-9-17(19)20(22)25)23-21(26)24-10-5-6-15(13-24)18-7-3-4-11-27-18/h8-9,12,14-15,18H,3-7,10-11,13H2,1-2H3,(H2,22,25)(H,23,26). The Bertz CT molecular complexity index is 701. The summed E-state index contributed by atoms with van der Waals surface area (Å²) in [6.45, 7) is 6.03. The number of rotatable bonds is 5. The molecule has 0 radical (unpaired) electrons. The first kappa shape index (κ1) is 20.5. The second-order valence-electron chi connectivity index (χ2n) is 7.93. The monoisotopic (exact) mass is 389 g/mol. The zero-order valence-corrected chi connectivity index (χ0v) is 16.8. The van der Waals surface area contributed by atoms with Crippen LogP contribution in [0, 0.1) is 5.92 Å². The first-order chi connectivity index (χ1) is 13.4. The highest BCUT2D eigenvalue weighted by Crippen LogP contribution is 2.29. The van der Waals surface area contributed by atoms with Gasteiger partial charge in [-0.1, -0.05) is 0 Å². The van der Waals surface area contributed by atoms with Crippen molar-refractivity contribution in [2.75, 3.05) is 25.0 Å². The van der Waals surface area contributed by atoms with E-state index in [1.165, 1.54) is 6.42 Å². The van der Waals surface area contributed by atoms with Crippen molar-refractivity contribution in [3.05, 3.63) is 23.8 Å². The van der Waals surface area contributed by atoms with E-state index in [4.69, 9.17) is 15.2 Å². The number of primary amides is 1. The van der Waals surface area contributed by atoms with Crippen molar-refractivity contribution in [3.63, 3.8) is 0 Å². The number of likely N-dealkylation sites (tertiary alicyclic amines) is 1. The van der Waals surface area contributed by atoms with Gasteiger partial charge < -0.3 is 25.4 Å². The minimum atomic E-state index is -0.556. The third kappa shape index (κ3) is 5.16. The summed E-state index contributed by atoms with van der Waals surface area (Å²) in [4.78, 5) is 26.3. The Labute approximate surface area is 166 Å². The average Bonchev–Trinajstić information content (AvgIpc) is 2.68. The molecule has 3 amide bonds. The van der Waals surface area contributed by atoms with E-state index in [0.717, 1.165) is 38.8 Å². The molecule has 2 aliphatic rings. The topological polar surface area (TPSA) is 93.9 Å². The number of anilines is 1. The number of urea groups is 1. The highest BCUT2D eigenvalue weighted by molar-refractivity contribution is 5.97. The van der Waals surface area contributed by atoms with Gasteiger partial charge in [0.05, 0.1) is 17.8 Å². The van der Waals surface area contributed by atoms with Crippen molar-refractivity contribution < 1.29 is 19.1 Å². The lowest BCUT2D eigenvalue weighted by atomic mass is 9.88. The number of hydrogen-bond acceptors (Lipinski definition) is 4. The van der Waals surface area contributed by atoms with Crippen molar-refractivity contribution in [1.29, 1.82) is 0 Å². The zero-order valence-electron chi connectivity index (χ0n) is 16.8. The summed E-state index contributed by atoms with van der Waals surface area (Å²) in [5.41, 5.74) is 6.31. The molecule has 0 spiro atoms. The predicted molar refractivity (Wildman–Crippen MR) is 108 cm³/mol. The first-order valence-electron chi connectivity index (χ1n) is 10.2. The van der Waals surface area contributed by atoms with E-state index in [-0.39, 0.29) is 18.2 Å². The fourth-order valence-corrected chi connectivity index (χ4v) is 3.99. The first-order valence-corrected chi connectivity index (χ1v) is 10.2. The van der Waals surface area contributed by atoms with Crippen LogP contribution >= 0.6 is 0 Å². The van der Waals surface area contributed by atoms with E-state index in [0.29, 0.717) is 29.5 Å². The number of hydrogen-bond donors (Lipinski definition) is 2. The number of nitrogens with two attached hydrogens (primary N) is 1. The van der Waals surface area contributed by atoms with Crippen molar-refractivity contribution in [3.8, 4) is 5.75 Å². The van der Waals surface area contributed by atoms with Crippen LogP contribution in [0.15, 0.2) is 18.2 Å². The summed E-state index contributed by atoms with van der Waals surface area (Å²) >= 11 is 0. The Morgan fingerprint density at radius 2 is 2.07 bits per heavy atom. The van der Waals surface area contributed by atoms with Gasteiger partial charge in [0.1, 0.15) is 5.75 Å². The molecule has 2 saturated heterocycles. The Morgan fingerprint density at radius 3 is 2.75 bits per heavy atom. The number of ether oxygens (including phenoxy) is 2. The van der Waals surface area contributed by atoms with Gasteiger partial charge in [-0.2, -0.15) is 0 Å². The van der Waals surface area contributed by atoms with Crippen LogP contribution in [0.25, 0.3) is 0 Å². The van der Waals surface area contributed by atoms with Crippen LogP contribution in [-0.2, 0) is 4.74 Å². The maximum atomic E-state index is 12.8. The molecule has 2 heterocycles. The molecular formula is C21H31N3O4. The summed E-state index contributed by atoms with van der Waals surface area (Å²) in [6.07, 6.45) is 5.68. The number of amides is 3. The second kappa shape index (κ2) is 9.28. The van der Waals surface area contributed by atoms with Crippen molar-refractivity contribution in [2.24, 2.45) is 11.7 Å². The normalized spacial score (nSPS) is 22.8. The van der Waals surface area contributed by atoms with Crippen LogP contribution < -0.4 is 15.8 Å². The number of nitrogens with one attached hydrogen (secondary N) is 1. The number of benzene rings is 1. The highest BCUT2D eigenvalue weighted by Gasteiger charge is 2.31. The lowest BCUT2D eigenvalue weighted by Gasteiger charge is -2.38. The fourth-order valence-electron chi connectivity index (χ4n) is 3.99. The van der Waals surface area contributed by atoms with Crippen LogP contribution in [0.5, 0.6) is 5.75 Å². The van der Waals surface area contributed by atoms with Gasteiger partial charge in [0, 0.05) is 37.4 Å². The van der Waals surface area contributed by atoms with Crippen molar-refractivity contribution in [2.45, 2.75) is 58.2 Å². The molecule has 2 fully saturated rings. The number of carbonyl (C=O) groups is 2. The molecule has 0 bridgehead atoms. The molecule has 3 rings (SSSR count).